The van der Waals surface area contributed by atoms with Crippen LogP contribution < -0.4 is 5.32 Å². The van der Waals surface area contributed by atoms with Crippen molar-refractivity contribution in [1.29, 1.82) is 0 Å². The van der Waals surface area contributed by atoms with Crippen LogP contribution in [0, 0.1) is 0 Å². The van der Waals surface area contributed by atoms with Crippen LogP contribution in [0.15, 0.2) is 18.2 Å². The molecule has 1 aromatic rings. The molecule has 0 bridgehead atoms. The Morgan fingerprint density at radius 3 is 2.69 bits per heavy atom. The van der Waals surface area contributed by atoms with E-state index >= 15 is 0 Å². The van der Waals surface area contributed by atoms with Gasteiger partial charge in [-0.15, -0.1) is 0 Å². The minimum absolute atomic E-state index is 0.00530. The van der Waals surface area contributed by atoms with Crippen LogP contribution in [0.2, 0.25) is 10.0 Å². The molecule has 0 fully saturated rings. The van der Waals surface area contributed by atoms with Gasteiger partial charge in [0.2, 0.25) is 0 Å². The van der Waals surface area contributed by atoms with Crippen molar-refractivity contribution < 1.29 is 9.90 Å². The highest BCUT2D eigenvalue weighted by Crippen LogP contribution is 2.22. The quantitative estimate of drug-likeness (QED) is 0.799. The molecule has 0 aromatic heterocycles. The lowest BCUT2D eigenvalue weighted by atomic mass is 10.1. The first-order valence-electron chi connectivity index (χ1n) is 4.87. The predicted molar refractivity (Wildman–Crippen MR) is 65.3 cm³/mol. The molecule has 0 radical (unpaired) electrons. The van der Waals surface area contributed by atoms with Gasteiger partial charge in [0.1, 0.15) is 0 Å². The Hall–Kier alpha value is -0.610. The zero-order valence-corrected chi connectivity index (χ0v) is 10.3. The van der Waals surface area contributed by atoms with Crippen LogP contribution in [-0.2, 0) is 0 Å². The molecule has 1 unspecified atom stereocenters. The minimum atomic E-state index is -0.105. The number of hydrogen-bond donors (Lipinski definition) is 2. The van der Waals surface area contributed by atoms with E-state index in [0.717, 1.165) is 0 Å². The summed E-state index contributed by atoms with van der Waals surface area (Å²) in [5, 5.41) is 12.5. The fourth-order valence-corrected chi connectivity index (χ4v) is 1.40. The molecule has 5 heteroatoms. The molecule has 0 aliphatic carbocycles. The monoisotopic (exact) mass is 261 g/mol. The van der Waals surface area contributed by atoms with Gasteiger partial charge in [0, 0.05) is 11.6 Å². The van der Waals surface area contributed by atoms with Gasteiger partial charge in [-0.25, -0.2) is 0 Å². The van der Waals surface area contributed by atoms with E-state index in [2.05, 4.69) is 5.32 Å². The number of aliphatic hydroxyl groups is 1. The van der Waals surface area contributed by atoms with Crippen molar-refractivity contribution in [3.8, 4) is 0 Å². The first-order valence-corrected chi connectivity index (χ1v) is 5.62. The Kier molecular flexibility index (Phi) is 5.22. The van der Waals surface area contributed by atoms with E-state index in [1.165, 1.54) is 6.07 Å². The highest BCUT2D eigenvalue weighted by atomic mass is 35.5. The molecule has 1 atom stereocenters. The highest BCUT2D eigenvalue weighted by molar-refractivity contribution is 6.42. The minimum Gasteiger partial charge on any atom is -0.395 e. The van der Waals surface area contributed by atoms with Crippen molar-refractivity contribution in [3.05, 3.63) is 33.8 Å². The predicted octanol–water partition coefficient (Wildman–Crippen LogP) is 2.15. The van der Waals surface area contributed by atoms with Crippen LogP contribution >= 0.6 is 23.2 Å². The lowest BCUT2D eigenvalue weighted by Gasteiger charge is -2.09. The maximum absolute atomic E-state index is 11.7. The maximum atomic E-state index is 11.7. The molecule has 88 valence electrons. The Bertz CT molecular complexity index is 382. The van der Waals surface area contributed by atoms with Crippen LogP contribution in [0.4, 0.5) is 0 Å². The molecular weight excluding hydrogens is 249 g/mol. The summed E-state index contributed by atoms with van der Waals surface area (Å²) in [6.45, 7) is 1.95. The van der Waals surface area contributed by atoms with E-state index in [0.29, 0.717) is 15.6 Å². The maximum Gasteiger partial charge on any atom is 0.176 e. The molecule has 0 aliphatic rings. The molecule has 3 nitrogen and oxygen atoms in total. The summed E-state index contributed by atoms with van der Waals surface area (Å²) in [7, 11) is 0. The number of nitrogens with one attached hydrogen (secondary N) is 1. The zero-order chi connectivity index (χ0) is 12.1. The zero-order valence-electron chi connectivity index (χ0n) is 8.84. The number of carbonyl (C=O) groups is 1. The van der Waals surface area contributed by atoms with Crippen molar-refractivity contribution >= 4 is 29.0 Å². The lowest BCUT2D eigenvalue weighted by molar-refractivity contribution is 0.0984. The van der Waals surface area contributed by atoms with Crippen LogP contribution in [0.5, 0.6) is 0 Å². The van der Waals surface area contributed by atoms with Gasteiger partial charge < -0.3 is 10.4 Å². The molecule has 0 spiro atoms. The van der Waals surface area contributed by atoms with E-state index in [9.17, 15) is 4.79 Å². The summed E-state index contributed by atoms with van der Waals surface area (Å²) in [6, 6.07) is 4.65. The van der Waals surface area contributed by atoms with Crippen LogP contribution in [0.1, 0.15) is 17.3 Å². The standard InChI is InChI=1S/C11H13Cl2NO2/c1-7(6-15)14-5-11(16)8-2-3-9(12)10(13)4-8/h2-4,7,14-15H,5-6H2,1H3. The summed E-state index contributed by atoms with van der Waals surface area (Å²) in [6.07, 6.45) is 0. The Morgan fingerprint density at radius 1 is 1.44 bits per heavy atom. The first-order chi connectivity index (χ1) is 7.54. The third-order valence-electron chi connectivity index (χ3n) is 2.13. The van der Waals surface area contributed by atoms with Gasteiger partial charge >= 0.3 is 0 Å². The highest BCUT2D eigenvalue weighted by Gasteiger charge is 2.09. The molecule has 0 saturated carbocycles. The SMILES string of the molecule is CC(CO)NCC(=O)c1ccc(Cl)c(Cl)c1. The molecule has 0 amide bonds. The first kappa shape index (κ1) is 13.5. The number of halogens is 2. The number of benzene rings is 1. The van der Waals surface area contributed by atoms with Gasteiger partial charge in [0.15, 0.2) is 5.78 Å². The van der Waals surface area contributed by atoms with E-state index in [4.69, 9.17) is 28.3 Å². The number of carbonyl (C=O) groups excluding carboxylic acids is 1. The molecule has 0 saturated heterocycles. The second-order valence-corrected chi connectivity index (χ2v) is 4.33. The smallest absolute Gasteiger partial charge is 0.176 e. The molecule has 2 N–H and O–H groups in total. The molecule has 16 heavy (non-hydrogen) atoms. The average molecular weight is 262 g/mol. The fourth-order valence-electron chi connectivity index (χ4n) is 1.10. The largest absolute Gasteiger partial charge is 0.395 e. The van der Waals surface area contributed by atoms with E-state index in [1.807, 2.05) is 0 Å². The summed E-state index contributed by atoms with van der Waals surface area (Å²) >= 11 is 11.5. The number of hydrogen-bond acceptors (Lipinski definition) is 3. The van der Waals surface area contributed by atoms with Gasteiger partial charge in [-0.1, -0.05) is 23.2 Å². The second kappa shape index (κ2) is 6.21. The van der Waals surface area contributed by atoms with Crippen molar-refractivity contribution in [1.82, 2.24) is 5.32 Å². The van der Waals surface area contributed by atoms with Crippen LogP contribution in [-0.4, -0.2) is 30.1 Å². The van der Waals surface area contributed by atoms with Gasteiger partial charge in [-0.2, -0.15) is 0 Å². The summed E-state index contributed by atoms with van der Waals surface area (Å²) in [5.74, 6) is -0.0844. The molecule has 1 aromatic carbocycles. The van der Waals surface area contributed by atoms with Crippen LogP contribution in [0.25, 0.3) is 0 Å². The fraction of sp³-hybridized carbons (Fsp3) is 0.364. The van der Waals surface area contributed by atoms with Crippen LogP contribution in [0.3, 0.4) is 0 Å². The van der Waals surface area contributed by atoms with Gasteiger partial charge in [0.05, 0.1) is 23.2 Å². The van der Waals surface area contributed by atoms with E-state index < -0.39 is 0 Å². The Morgan fingerprint density at radius 2 is 2.12 bits per heavy atom. The van der Waals surface area contributed by atoms with Gasteiger partial charge in [-0.05, 0) is 25.1 Å². The van der Waals surface area contributed by atoms with Crippen molar-refractivity contribution in [3.63, 3.8) is 0 Å². The van der Waals surface area contributed by atoms with Crippen molar-refractivity contribution in [2.24, 2.45) is 0 Å². The number of aliphatic hydroxyl groups excluding tert-OH is 1. The molecule has 1 rings (SSSR count). The van der Waals surface area contributed by atoms with Crippen molar-refractivity contribution in [2.45, 2.75) is 13.0 Å². The molecule has 0 aliphatic heterocycles. The number of ketones is 1. The topological polar surface area (TPSA) is 49.3 Å². The third kappa shape index (κ3) is 3.76. The van der Waals surface area contributed by atoms with Gasteiger partial charge in [0.25, 0.3) is 0 Å². The summed E-state index contributed by atoms with van der Waals surface area (Å²) in [5.41, 5.74) is 0.507. The number of rotatable bonds is 5. The number of Topliss-reactive ketones (excluding diaryl/α,β-unsaturated/α-hetero) is 1. The summed E-state index contributed by atoms with van der Waals surface area (Å²) < 4.78 is 0. The van der Waals surface area contributed by atoms with Gasteiger partial charge in [-0.3, -0.25) is 4.79 Å². The Balaban J connectivity index is 2.63. The lowest BCUT2D eigenvalue weighted by Crippen LogP contribution is -2.33. The van der Waals surface area contributed by atoms with E-state index in [-0.39, 0.29) is 25.0 Å². The third-order valence-corrected chi connectivity index (χ3v) is 2.87. The molecular formula is C11H13Cl2NO2. The van der Waals surface area contributed by atoms with E-state index in [1.54, 1.807) is 19.1 Å². The average Bonchev–Trinajstić information content (AvgIpc) is 2.29. The summed E-state index contributed by atoms with van der Waals surface area (Å²) in [4.78, 5) is 11.7. The molecule has 0 heterocycles. The second-order valence-electron chi connectivity index (χ2n) is 3.52. The normalized spacial score (nSPS) is 12.5. The Labute approximate surface area is 104 Å². The van der Waals surface area contributed by atoms with Crippen molar-refractivity contribution in [2.75, 3.05) is 13.2 Å².